The van der Waals surface area contributed by atoms with Crippen LogP contribution in [0.25, 0.3) is 16.9 Å². The highest BCUT2D eigenvalue weighted by molar-refractivity contribution is 7.88. The van der Waals surface area contributed by atoms with E-state index in [0.717, 1.165) is 28.3 Å². The predicted octanol–water partition coefficient (Wildman–Crippen LogP) is 4.07. The van der Waals surface area contributed by atoms with Gasteiger partial charge < -0.3 is 0 Å². The molecule has 28 heavy (non-hydrogen) atoms. The molecule has 0 unspecified atom stereocenters. The lowest BCUT2D eigenvalue weighted by atomic mass is 10.1. The monoisotopic (exact) mass is 429 g/mol. The Bertz CT molecular complexity index is 1360. The second-order valence-electron chi connectivity index (χ2n) is 5.93. The molecule has 0 spiro atoms. The summed E-state index contributed by atoms with van der Waals surface area (Å²) in [6, 6.07) is 12.2. The maximum atomic E-state index is 11.2. The highest BCUT2D eigenvalue weighted by atomic mass is 35.5. The summed E-state index contributed by atoms with van der Waals surface area (Å²) in [4.78, 5) is 5.19. The molecule has 0 atom stereocenters. The van der Waals surface area contributed by atoms with Crippen LogP contribution in [-0.2, 0) is 10.1 Å². The van der Waals surface area contributed by atoms with Gasteiger partial charge in [0.1, 0.15) is 4.21 Å². The third kappa shape index (κ3) is 3.66. The van der Waals surface area contributed by atoms with Crippen molar-refractivity contribution in [1.82, 2.24) is 14.6 Å². The topological polar surface area (TPSA) is 84.6 Å². The molecule has 0 amide bonds. The number of fused-ring (bicyclic) bond motifs is 1. The molecule has 0 saturated heterocycles. The van der Waals surface area contributed by atoms with Crippen molar-refractivity contribution in [3.63, 3.8) is 0 Å². The van der Waals surface area contributed by atoms with E-state index in [1.54, 1.807) is 28.9 Å². The van der Waals surface area contributed by atoms with Crippen LogP contribution in [0.1, 0.15) is 16.1 Å². The minimum atomic E-state index is -4.22. The summed E-state index contributed by atoms with van der Waals surface area (Å²) >= 11 is 6.86. The van der Waals surface area contributed by atoms with Crippen molar-refractivity contribution in [2.24, 2.45) is 0 Å². The van der Waals surface area contributed by atoms with E-state index in [1.165, 1.54) is 6.07 Å². The summed E-state index contributed by atoms with van der Waals surface area (Å²) < 4.78 is 33.0. The van der Waals surface area contributed by atoms with Gasteiger partial charge in [-0.1, -0.05) is 35.6 Å². The van der Waals surface area contributed by atoms with Crippen molar-refractivity contribution >= 4 is 38.7 Å². The van der Waals surface area contributed by atoms with Crippen LogP contribution in [0.5, 0.6) is 0 Å². The quantitative estimate of drug-likeness (QED) is 0.383. The number of nitrogens with zero attached hydrogens (tertiary/aromatic N) is 3. The summed E-state index contributed by atoms with van der Waals surface area (Å²) in [5.74, 6) is 5.88. The average molecular weight is 430 g/mol. The molecular formula is C19H12ClN3O3S2. The summed E-state index contributed by atoms with van der Waals surface area (Å²) in [6.07, 6.45) is 1.62. The van der Waals surface area contributed by atoms with Gasteiger partial charge in [0.15, 0.2) is 5.65 Å². The molecular weight excluding hydrogens is 418 g/mol. The van der Waals surface area contributed by atoms with E-state index >= 15 is 0 Å². The van der Waals surface area contributed by atoms with E-state index in [-0.39, 0.29) is 4.21 Å². The minimum Gasteiger partial charge on any atom is -0.281 e. The van der Waals surface area contributed by atoms with Crippen LogP contribution in [0.2, 0.25) is 5.02 Å². The van der Waals surface area contributed by atoms with Crippen LogP contribution >= 0.6 is 22.9 Å². The molecule has 0 radical (unpaired) electrons. The van der Waals surface area contributed by atoms with Gasteiger partial charge >= 0.3 is 10.1 Å². The van der Waals surface area contributed by atoms with E-state index in [0.29, 0.717) is 21.1 Å². The average Bonchev–Trinajstić information content (AvgIpc) is 3.27. The first-order valence-electron chi connectivity index (χ1n) is 8.02. The van der Waals surface area contributed by atoms with E-state index in [9.17, 15) is 8.42 Å². The van der Waals surface area contributed by atoms with E-state index in [4.69, 9.17) is 16.2 Å². The second-order valence-corrected chi connectivity index (χ2v) is 9.10. The number of benzene rings is 1. The van der Waals surface area contributed by atoms with Crippen molar-refractivity contribution in [3.8, 4) is 23.1 Å². The van der Waals surface area contributed by atoms with Crippen molar-refractivity contribution in [1.29, 1.82) is 0 Å². The second kappa shape index (κ2) is 7.04. The standard InChI is InChI=1S/C19H12ClN3O3S2/c1-12-10-17(13-2-5-15(20)6-3-13)22-19-14(11-21-23(12)19)4-7-16-8-9-18(27-16)28(24,25)26/h2-3,5-6,8-11H,1H3,(H,24,25,26). The molecule has 0 fully saturated rings. The minimum absolute atomic E-state index is 0.143. The molecule has 4 rings (SSSR count). The van der Waals surface area contributed by atoms with Crippen molar-refractivity contribution in [3.05, 3.63) is 69.8 Å². The van der Waals surface area contributed by atoms with Gasteiger partial charge in [0.25, 0.3) is 0 Å². The first-order valence-corrected chi connectivity index (χ1v) is 10.7. The molecule has 1 N–H and O–H groups in total. The zero-order valence-electron chi connectivity index (χ0n) is 14.4. The molecule has 3 heterocycles. The van der Waals surface area contributed by atoms with E-state index < -0.39 is 10.1 Å². The maximum Gasteiger partial charge on any atom is 0.304 e. The van der Waals surface area contributed by atoms with Gasteiger partial charge in [-0.25, -0.2) is 9.50 Å². The Kier molecular flexibility index (Phi) is 4.69. The van der Waals surface area contributed by atoms with Crippen molar-refractivity contribution in [2.45, 2.75) is 11.1 Å². The fourth-order valence-corrected chi connectivity index (χ4v) is 4.27. The molecule has 9 heteroatoms. The molecule has 0 aliphatic heterocycles. The van der Waals surface area contributed by atoms with Crippen LogP contribution in [0.4, 0.5) is 0 Å². The number of thiophene rings is 1. The van der Waals surface area contributed by atoms with Gasteiger partial charge in [0, 0.05) is 16.3 Å². The first kappa shape index (κ1) is 18.7. The fraction of sp³-hybridized carbons (Fsp3) is 0.0526. The van der Waals surface area contributed by atoms with Crippen LogP contribution < -0.4 is 0 Å². The number of hydrogen-bond donors (Lipinski definition) is 1. The molecule has 0 bridgehead atoms. The highest BCUT2D eigenvalue weighted by Gasteiger charge is 2.12. The van der Waals surface area contributed by atoms with Crippen molar-refractivity contribution < 1.29 is 13.0 Å². The number of hydrogen-bond acceptors (Lipinski definition) is 5. The van der Waals surface area contributed by atoms with Gasteiger partial charge in [0.2, 0.25) is 0 Å². The number of rotatable bonds is 2. The number of aryl methyl sites for hydroxylation is 1. The SMILES string of the molecule is Cc1cc(-c2ccc(Cl)cc2)nc2c(C#Cc3ccc(S(=O)(=O)O)s3)cnn12. The molecule has 0 saturated carbocycles. The Morgan fingerprint density at radius 1 is 1.14 bits per heavy atom. The fourth-order valence-electron chi connectivity index (χ4n) is 2.62. The zero-order valence-corrected chi connectivity index (χ0v) is 16.8. The Balaban J connectivity index is 1.77. The lowest BCUT2D eigenvalue weighted by Crippen LogP contribution is -1.98. The van der Waals surface area contributed by atoms with Gasteiger partial charge in [-0.05, 0) is 37.3 Å². The van der Waals surface area contributed by atoms with E-state index in [2.05, 4.69) is 21.9 Å². The third-order valence-corrected chi connectivity index (χ3v) is 6.52. The molecule has 1 aromatic carbocycles. The number of halogens is 1. The predicted molar refractivity (Wildman–Crippen MR) is 108 cm³/mol. The Morgan fingerprint density at radius 3 is 2.57 bits per heavy atom. The molecule has 0 aliphatic carbocycles. The highest BCUT2D eigenvalue weighted by Crippen LogP contribution is 2.23. The number of aromatic nitrogens is 3. The Labute approximate surface area is 170 Å². The summed E-state index contributed by atoms with van der Waals surface area (Å²) in [5, 5.41) is 4.97. The smallest absolute Gasteiger partial charge is 0.281 e. The third-order valence-electron chi connectivity index (χ3n) is 3.95. The molecule has 140 valence electrons. The molecule has 3 aromatic heterocycles. The lowest BCUT2D eigenvalue weighted by Gasteiger charge is -2.05. The summed E-state index contributed by atoms with van der Waals surface area (Å²) in [6.45, 7) is 1.93. The molecule has 6 nitrogen and oxygen atoms in total. The largest absolute Gasteiger partial charge is 0.304 e. The molecule has 4 aromatic rings. The Morgan fingerprint density at radius 2 is 1.89 bits per heavy atom. The van der Waals surface area contributed by atoms with Crippen LogP contribution in [0, 0.1) is 18.8 Å². The summed E-state index contributed by atoms with van der Waals surface area (Å²) in [7, 11) is -4.22. The normalized spacial score (nSPS) is 11.4. The van der Waals surface area contributed by atoms with Gasteiger partial charge in [0.05, 0.1) is 22.3 Å². The van der Waals surface area contributed by atoms with Crippen LogP contribution in [-0.4, -0.2) is 27.6 Å². The van der Waals surface area contributed by atoms with Crippen LogP contribution in [0.3, 0.4) is 0 Å². The lowest BCUT2D eigenvalue weighted by molar-refractivity contribution is 0.485. The summed E-state index contributed by atoms with van der Waals surface area (Å²) in [5.41, 5.74) is 3.80. The zero-order chi connectivity index (χ0) is 19.9. The van der Waals surface area contributed by atoms with E-state index in [1.807, 2.05) is 25.1 Å². The Hall–Kier alpha value is -2.70. The van der Waals surface area contributed by atoms with Gasteiger partial charge in [-0.15, -0.1) is 11.3 Å². The molecule has 0 aliphatic rings. The van der Waals surface area contributed by atoms with Gasteiger partial charge in [-0.3, -0.25) is 4.55 Å². The van der Waals surface area contributed by atoms with Crippen LogP contribution in [0.15, 0.2) is 52.9 Å². The van der Waals surface area contributed by atoms with Gasteiger partial charge in [-0.2, -0.15) is 13.5 Å². The maximum absolute atomic E-state index is 11.2. The van der Waals surface area contributed by atoms with Crippen molar-refractivity contribution in [2.75, 3.05) is 0 Å². The first-order chi connectivity index (χ1) is 13.3.